The molecular weight excluding hydrogens is 348 g/mol. The van der Waals surface area contributed by atoms with Crippen LogP contribution in [0.25, 0.3) is 11.5 Å². The first kappa shape index (κ1) is 17.3. The maximum atomic E-state index is 13.0. The highest BCUT2D eigenvalue weighted by atomic mass is 32.1. The molecule has 0 spiro atoms. The maximum absolute atomic E-state index is 13.0. The zero-order valence-corrected chi connectivity index (χ0v) is 15.4. The lowest BCUT2D eigenvalue weighted by Gasteiger charge is -2.15. The molecule has 0 unspecified atom stereocenters. The lowest BCUT2D eigenvalue weighted by molar-refractivity contribution is -0.578. The van der Waals surface area contributed by atoms with Crippen molar-refractivity contribution >= 4 is 40.0 Å². The summed E-state index contributed by atoms with van der Waals surface area (Å²) >= 11 is 6.98. The van der Waals surface area contributed by atoms with Gasteiger partial charge in [0.05, 0.1) is 0 Å². The molecule has 0 aliphatic heterocycles. The van der Waals surface area contributed by atoms with E-state index in [1.165, 1.54) is 11.3 Å². The Balaban J connectivity index is 1.94. The van der Waals surface area contributed by atoms with Gasteiger partial charge in [0.2, 0.25) is 5.70 Å². The molecule has 0 saturated heterocycles. The van der Waals surface area contributed by atoms with Gasteiger partial charge in [-0.1, -0.05) is 48.6 Å². The standard InChI is InChI=1S/C20H18N2OS2/c1-15-7-5-11-22(14-15)18(19(23)17-10-6-12-25-17)20(24)21-13-16-8-3-2-4-9-16/h2-12,14H,13H2,1H3,(H-,21,23,24). The number of nitrogens with zero attached hydrogens (tertiary/aromatic N) is 1. The number of nitrogens with one attached hydrogen (secondary N) is 1. The van der Waals surface area contributed by atoms with E-state index in [-0.39, 0.29) is 5.76 Å². The molecule has 5 heteroatoms. The van der Waals surface area contributed by atoms with Gasteiger partial charge in [0.15, 0.2) is 17.4 Å². The third kappa shape index (κ3) is 4.32. The van der Waals surface area contributed by atoms with Gasteiger partial charge in [0, 0.05) is 23.1 Å². The van der Waals surface area contributed by atoms with Crippen molar-refractivity contribution in [1.82, 2.24) is 5.32 Å². The van der Waals surface area contributed by atoms with Crippen LogP contribution < -0.4 is 15.0 Å². The highest BCUT2D eigenvalue weighted by molar-refractivity contribution is 7.81. The van der Waals surface area contributed by atoms with Crippen LogP contribution in [0.15, 0.2) is 72.4 Å². The Morgan fingerprint density at radius 3 is 2.60 bits per heavy atom. The maximum Gasteiger partial charge on any atom is 0.238 e. The lowest BCUT2D eigenvalue weighted by atomic mass is 10.2. The second-order valence-corrected chi connectivity index (χ2v) is 6.97. The van der Waals surface area contributed by atoms with Gasteiger partial charge < -0.3 is 10.4 Å². The smallest absolute Gasteiger partial charge is 0.238 e. The Hall–Kier alpha value is -2.50. The molecular formula is C20H18N2OS2. The predicted molar refractivity (Wildman–Crippen MR) is 105 cm³/mol. The Labute approximate surface area is 156 Å². The van der Waals surface area contributed by atoms with Crippen molar-refractivity contribution in [3.8, 4) is 0 Å². The van der Waals surface area contributed by atoms with Crippen molar-refractivity contribution in [2.45, 2.75) is 13.5 Å². The molecule has 3 aromatic rings. The molecule has 0 amide bonds. The van der Waals surface area contributed by atoms with Gasteiger partial charge in [-0.05, 0) is 35.8 Å². The Bertz CT molecular complexity index is 887. The van der Waals surface area contributed by atoms with Crippen LogP contribution in [0.5, 0.6) is 0 Å². The predicted octanol–water partition coefficient (Wildman–Crippen LogP) is 3.15. The molecule has 3 rings (SSSR count). The van der Waals surface area contributed by atoms with Gasteiger partial charge in [-0.3, -0.25) is 0 Å². The average molecular weight is 367 g/mol. The fraction of sp³-hybridized carbons (Fsp3) is 0.100. The molecule has 126 valence electrons. The summed E-state index contributed by atoms with van der Waals surface area (Å²) in [6.45, 7) is 2.57. The van der Waals surface area contributed by atoms with Crippen LogP contribution >= 0.6 is 23.6 Å². The number of thiophene rings is 1. The van der Waals surface area contributed by atoms with Crippen molar-refractivity contribution < 1.29 is 9.67 Å². The van der Waals surface area contributed by atoms with Crippen LogP contribution in [0.1, 0.15) is 16.0 Å². The number of thiocarbonyl (C=S) groups is 1. The van der Waals surface area contributed by atoms with E-state index in [1.807, 2.05) is 79.3 Å². The second-order valence-electron chi connectivity index (χ2n) is 5.61. The van der Waals surface area contributed by atoms with Crippen LogP contribution in [-0.2, 0) is 6.54 Å². The molecule has 0 radical (unpaired) electrons. The summed E-state index contributed by atoms with van der Waals surface area (Å²) < 4.78 is 1.80. The van der Waals surface area contributed by atoms with Crippen LogP contribution in [0.4, 0.5) is 0 Å². The number of pyridine rings is 1. The van der Waals surface area contributed by atoms with E-state index in [9.17, 15) is 5.11 Å². The first-order chi connectivity index (χ1) is 12.1. The molecule has 2 heterocycles. The summed E-state index contributed by atoms with van der Waals surface area (Å²) in [6.07, 6.45) is 3.77. The molecule has 0 saturated carbocycles. The third-order valence-electron chi connectivity index (χ3n) is 3.68. The fourth-order valence-electron chi connectivity index (χ4n) is 2.46. The molecule has 2 aromatic heterocycles. The normalized spacial score (nSPS) is 11.7. The summed E-state index contributed by atoms with van der Waals surface area (Å²) in [4.78, 5) is 1.12. The summed E-state index contributed by atoms with van der Waals surface area (Å²) in [5.41, 5.74) is 2.64. The SMILES string of the molecule is Cc1ccc[n+](C(C(=S)NCc2ccccc2)=C([O-])c2cccs2)c1. The van der Waals surface area contributed by atoms with Gasteiger partial charge in [-0.2, -0.15) is 4.57 Å². The summed E-state index contributed by atoms with van der Waals surface area (Å²) in [6, 6.07) is 17.6. The van der Waals surface area contributed by atoms with Crippen molar-refractivity contribution in [1.29, 1.82) is 0 Å². The van der Waals surface area contributed by atoms with Gasteiger partial charge >= 0.3 is 0 Å². The van der Waals surface area contributed by atoms with Gasteiger partial charge in [0.25, 0.3) is 0 Å². The molecule has 25 heavy (non-hydrogen) atoms. The zero-order chi connectivity index (χ0) is 17.6. The van der Waals surface area contributed by atoms with Crippen molar-refractivity contribution in [2.24, 2.45) is 0 Å². The first-order valence-corrected chi connectivity index (χ1v) is 9.19. The molecule has 0 aliphatic carbocycles. The topological polar surface area (TPSA) is 39.0 Å². The molecule has 0 aliphatic rings. The fourth-order valence-corrected chi connectivity index (χ4v) is 3.39. The van der Waals surface area contributed by atoms with E-state index in [2.05, 4.69) is 5.32 Å². The van der Waals surface area contributed by atoms with E-state index in [1.54, 1.807) is 4.57 Å². The van der Waals surface area contributed by atoms with Gasteiger partial charge in [0.1, 0.15) is 0 Å². The van der Waals surface area contributed by atoms with Crippen LogP contribution in [0.2, 0.25) is 0 Å². The molecule has 1 aromatic carbocycles. The largest absolute Gasteiger partial charge is 0.867 e. The van der Waals surface area contributed by atoms with E-state index in [0.717, 1.165) is 11.1 Å². The molecule has 0 fully saturated rings. The van der Waals surface area contributed by atoms with E-state index >= 15 is 0 Å². The Kier molecular flexibility index (Phi) is 5.58. The number of hydrogen-bond acceptors (Lipinski definition) is 3. The average Bonchev–Trinajstić information content (AvgIpc) is 3.16. The van der Waals surface area contributed by atoms with Crippen LogP contribution in [0, 0.1) is 6.92 Å². The minimum Gasteiger partial charge on any atom is -0.867 e. The minimum absolute atomic E-state index is 0.0730. The number of aryl methyl sites for hydroxylation is 1. The zero-order valence-electron chi connectivity index (χ0n) is 13.8. The van der Waals surface area contributed by atoms with Gasteiger partial charge in [-0.25, -0.2) is 0 Å². The molecule has 1 N–H and O–H groups in total. The minimum atomic E-state index is -0.0730. The monoisotopic (exact) mass is 366 g/mol. The van der Waals surface area contributed by atoms with Crippen molar-refractivity contribution in [3.05, 3.63) is 88.4 Å². The quantitative estimate of drug-likeness (QED) is 0.326. The summed E-state index contributed by atoms with van der Waals surface area (Å²) in [5, 5.41) is 18.1. The Morgan fingerprint density at radius 1 is 1.12 bits per heavy atom. The van der Waals surface area contributed by atoms with Crippen LogP contribution in [-0.4, -0.2) is 4.99 Å². The second kappa shape index (κ2) is 8.05. The molecule has 0 bridgehead atoms. The summed E-state index contributed by atoms with van der Waals surface area (Å²) in [5.74, 6) is -0.0730. The van der Waals surface area contributed by atoms with Crippen molar-refractivity contribution in [3.63, 3.8) is 0 Å². The van der Waals surface area contributed by atoms with E-state index in [4.69, 9.17) is 12.2 Å². The molecule has 0 atom stereocenters. The van der Waals surface area contributed by atoms with Gasteiger partial charge in [-0.15, -0.1) is 11.3 Å². The Morgan fingerprint density at radius 2 is 1.92 bits per heavy atom. The summed E-state index contributed by atoms with van der Waals surface area (Å²) in [7, 11) is 0. The third-order valence-corrected chi connectivity index (χ3v) is 4.88. The van der Waals surface area contributed by atoms with E-state index in [0.29, 0.717) is 22.1 Å². The lowest BCUT2D eigenvalue weighted by Crippen LogP contribution is -2.42. The van der Waals surface area contributed by atoms with E-state index < -0.39 is 0 Å². The highest BCUT2D eigenvalue weighted by Crippen LogP contribution is 2.19. The number of benzene rings is 1. The van der Waals surface area contributed by atoms with Crippen LogP contribution in [0.3, 0.4) is 0 Å². The number of aromatic nitrogens is 1. The highest BCUT2D eigenvalue weighted by Gasteiger charge is 2.19. The first-order valence-electron chi connectivity index (χ1n) is 7.91. The number of rotatable bonds is 5. The van der Waals surface area contributed by atoms with Crippen molar-refractivity contribution in [2.75, 3.05) is 0 Å². The number of hydrogen-bond donors (Lipinski definition) is 1. The molecule has 3 nitrogen and oxygen atoms in total.